The third-order valence-corrected chi connectivity index (χ3v) is 3.13. The Morgan fingerprint density at radius 1 is 1.47 bits per heavy atom. The Balaban J connectivity index is 1.91. The molecule has 17 heavy (non-hydrogen) atoms. The molecule has 0 aliphatic heterocycles. The summed E-state index contributed by atoms with van der Waals surface area (Å²) >= 11 is 0. The predicted octanol–water partition coefficient (Wildman–Crippen LogP) is 2.20. The molecule has 4 heteroatoms. The zero-order chi connectivity index (χ0) is 12.3. The Bertz CT molecular complexity index is 442. The summed E-state index contributed by atoms with van der Waals surface area (Å²) in [6.07, 6.45) is 3.08. The Kier molecular flexibility index (Phi) is 3.60. The number of nitrogens with two attached hydrogens (primary N) is 1. The summed E-state index contributed by atoms with van der Waals surface area (Å²) in [6.45, 7) is 0.568. The molecule has 1 aliphatic rings. The van der Waals surface area contributed by atoms with Crippen LogP contribution in [0.25, 0.3) is 0 Å². The predicted molar refractivity (Wildman–Crippen MR) is 61.9 cm³/mol. The average molecular weight is 234 g/mol. The van der Waals surface area contributed by atoms with E-state index in [0.717, 1.165) is 19.3 Å². The average Bonchev–Trinajstić information content (AvgIpc) is 2.73. The van der Waals surface area contributed by atoms with Crippen LogP contribution in [-0.4, -0.2) is 12.6 Å². The van der Waals surface area contributed by atoms with E-state index in [4.69, 9.17) is 15.7 Å². The van der Waals surface area contributed by atoms with Crippen LogP contribution in [0.1, 0.15) is 24.8 Å². The first-order chi connectivity index (χ1) is 8.19. The van der Waals surface area contributed by atoms with Crippen molar-refractivity contribution in [3.8, 4) is 11.8 Å². The minimum Gasteiger partial charge on any atom is -0.493 e. The largest absolute Gasteiger partial charge is 0.493 e. The molecule has 1 aliphatic carbocycles. The van der Waals surface area contributed by atoms with Crippen molar-refractivity contribution >= 4 is 0 Å². The molecule has 0 radical (unpaired) electrons. The van der Waals surface area contributed by atoms with E-state index in [1.807, 2.05) is 0 Å². The first-order valence-electron chi connectivity index (χ1n) is 5.77. The number of ether oxygens (including phenoxy) is 1. The van der Waals surface area contributed by atoms with Gasteiger partial charge >= 0.3 is 0 Å². The molecule has 2 rings (SSSR count). The third kappa shape index (κ3) is 2.95. The van der Waals surface area contributed by atoms with Crippen molar-refractivity contribution in [2.24, 2.45) is 11.7 Å². The summed E-state index contributed by atoms with van der Waals surface area (Å²) in [4.78, 5) is 0. The van der Waals surface area contributed by atoms with E-state index >= 15 is 0 Å². The summed E-state index contributed by atoms with van der Waals surface area (Å²) in [5, 5.41) is 8.60. The van der Waals surface area contributed by atoms with Gasteiger partial charge < -0.3 is 10.5 Å². The Morgan fingerprint density at radius 3 is 2.88 bits per heavy atom. The van der Waals surface area contributed by atoms with Gasteiger partial charge in [-0.15, -0.1) is 0 Å². The quantitative estimate of drug-likeness (QED) is 0.872. The van der Waals surface area contributed by atoms with Crippen LogP contribution in [0.4, 0.5) is 4.39 Å². The topological polar surface area (TPSA) is 59.0 Å². The van der Waals surface area contributed by atoms with Crippen LogP contribution in [0.5, 0.6) is 5.75 Å². The molecule has 0 heterocycles. The van der Waals surface area contributed by atoms with Crippen molar-refractivity contribution in [2.45, 2.75) is 25.3 Å². The molecule has 0 aromatic heterocycles. The SMILES string of the molecule is N#Cc1ccc(OCC2CCC(N)C2)cc1F. The zero-order valence-electron chi connectivity index (χ0n) is 9.53. The number of nitrogens with zero attached hydrogens (tertiary/aromatic N) is 1. The highest BCUT2D eigenvalue weighted by Gasteiger charge is 2.22. The van der Waals surface area contributed by atoms with Gasteiger partial charge in [-0.1, -0.05) is 0 Å². The number of nitriles is 1. The van der Waals surface area contributed by atoms with Gasteiger partial charge in [-0.3, -0.25) is 0 Å². The Hall–Kier alpha value is -1.60. The van der Waals surface area contributed by atoms with E-state index in [-0.39, 0.29) is 11.6 Å². The lowest BCUT2D eigenvalue weighted by molar-refractivity contribution is 0.250. The van der Waals surface area contributed by atoms with Crippen molar-refractivity contribution in [1.29, 1.82) is 5.26 Å². The summed E-state index contributed by atoms with van der Waals surface area (Å²) in [6, 6.07) is 6.37. The van der Waals surface area contributed by atoms with Crippen LogP contribution >= 0.6 is 0 Å². The van der Waals surface area contributed by atoms with Crippen molar-refractivity contribution in [3.05, 3.63) is 29.6 Å². The van der Waals surface area contributed by atoms with Crippen LogP contribution < -0.4 is 10.5 Å². The minimum atomic E-state index is -0.534. The molecule has 0 spiro atoms. The van der Waals surface area contributed by atoms with Crippen molar-refractivity contribution < 1.29 is 9.13 Å². The second-order valence-corrected chi connectivity index (χ2v) is 4.50. The van der Waals surface area contributed by atoms with E-state index in [0.29, 0.717) is 18.3 Å². The molecule has 1 aromatic rings. The standard InChI is InChI=1S/C13H15FN2O/c14-13-6-12(4-2-10(13)7-15)17-8-9-1-3-11(16)5-9/h2,4,6,9,11H,1,3,5,8,16H2. The van der Waals surface area contributed by atoms with Gasteiger partial charge in [0.25, 0.3) is 0 Å². The maximum absolute atomic E-state index is 13.3. The minimum absolute atomic E-state index is 0.0419. The van der Waals surface area contributed by atoms with Crippen molar-refractivity contribution in [2.75, 3.05) is 6.61 Å². The molecule has 90 valence electrons. The lowest BCUT2D eigenvalue weighted by Gasteiger charge is -2.11. The number of benzene rings is 1. The third-order valence-electron chi connectivity index (χ3n) is 3.13. The fourth-order valence-corrected chi connectivity index (χ4v) is 2.16. The van der Waals surface area contributed by atoms with E-state index in [1.165, 1.54) is 12.1 Å². The molecular formula is C13H15FN2O. The first-order valence-corrected chi connectivity index (χ1v) is 5.77. The molecule has 1 saturated carbocycles. The maximum Gasteiger partial charge on any atom is 0.144 e. The first kappa shape index (κ1) is 11.9. The number of hydrogen-bond donors (Lipinski definition) is 1. The van der Waals surface area contributed by atoms with Gasteiger partial charge in [-0.25, -0.2) is 4.39 Å². The van der Waals surface area contributed by atoms with Crippen LogP contribution in [0.3, 0.4) is 0 Å². The van der Waals surface area contributed by atoms with Crippen LogP contribution in [0.15, 0.2) is 18.2 Å². The molecule has 0 amide bonds. The fraction of sp³-hybridized carbons (Fsp3) is 0.462. The number of hydrogen-bond acceptors (Lipinski definition) is 3. The second kappa shape index (κ2) is 5.15. The monoisotopic (exact) mass is 234 g/mol. The van der Waals surface area contributed by atoms with Gasteiger partial charge in [0.15, 0.2) is 0 Å². The Labute approximate surface area is 100.0 Å². The summed E-state index contributed by atoms with van der Waals surface area (Å²) in [7, 11) is 0. The van der Waals surface area contributed by atoms with E-state index in [9.17, 15) is 4.39 Å². The molecule has 0 saturated heterocycles. The van der Waals surface area contributed by atoms with Crippen LogP contribution in [0, 0.1) is 23.1 Å². The molecule has 1 aromatic carbocycles. The zero-order valence-corrected chi connectivity index (χ0v) is 9.53. The smallest absolute Gasteiger partial charge is 0.144 e. The highest BCUT2D eigenvalue weighted by Crippen LogP contribution is 2.25. The molecule has 2 atom stereocenters. The van der Waals surface area contributed by atoms with Crippen LogP contribution in [0.2, 0.25) is 0 Å². The van der Waals surface area contributed by atoms with Gasteiger partial charge in [-0.05, 0) is 37.3 Å². The maximum atomic E-state index is 13.3. The van der Waals surface area contributed by atoms with Gasteiger partial charge in [0, 0.05) is 12.1 Å². The highest BCUT2D eigenvalue weighted by molar-refractivity contribution is 5.36. The van der Waals surface area contributed by atoms with Gasteiger partial charge in [0.2, 0.25) is 0 Å². The van der Waals surface area contributed by atoms with E-state index in [2.05, 4.69) is 0 Å². The lowest BCUT2D eigenvalue weighted by Crippen LogP contribution is -2.16. The lowest BCUT2D eigenvalue weighted by atomic mass is 10.1. The van der Waals surface area contributed by atoms with E-state index in [1.54, 1.807) is 12.1 Å². The molecule has 2 unspecified atom stereocenters. The highest BCUT2D eigenvalue weighted by atomic mass is 19.1. The number of halogens is 1. The van der Waals surface area contributed by atoms with E-state index < -0.39 is 5.82 Å². The Morgan fingerprint density at radius 2 is 2.29 bits per heavy atom. The van der Waals surface area contributed by atoms with Crippen molar-refractivity contribution in [1.82, 2.24) is 0 Å². The van der Waals surface area contributed by atoms with Crippen molar-refractivity contribution in [3.63, 3.8) is 0 Å². The summed E-state index contributed by atoms with van der Waals surface area (Å²) in [5.41, 5.74) is 5.85. The number of rotatable bonds is 3. The molecule has 1 fully saturated rings. The van der Waals surface area contributed by atoms with Gasteiger partial charge in [0.05, 0.1) is 12.2 Å². The fourth-order valence-electron chi connectivity index (χ4n) is 2.16. The van der Waals surface area contributed by atoms with Crippen LogP contribution in [-0.2, 0) is 0 Å². The second-order valence-electron chi connectivity index (χ2n) is 4.50. The van der Waals surface area contributed by atoms with Gasteiger partial charge in [0.1, 0.15) is 17.6 Å². The molecular weight excluding hydrogens is 219 g/mol. The summed E-state index contributed by atoms with van der Waals surface area (Å²) < 4.78 is 18.8. The molecule has 0 bridgehead atoms. The van der Waals surface area contributed by atoms with Gasteiger partial charge in [-0.2, -0.15) is 5.26 Å². The summed E-state index contributed by atoms with van der Waals surface area (Å²) in [5.74, 6) is 0.402. The molecule has 2 N–H and O–H groups in total. The molecule has 3 nitrogen and oxygen atoms in total. The normalized spacial score (nSPS) is 23.4.